The Bertz CT molecular complexity index is 591. The van der Waals surface area contributed by atoms with Crippen LogP contribution in [0.2, 0.25) is 0 Å². The van der Waals surface area contributed by atoms with E-state index >= 15 is 0 Å². The molecular formula is C16H48N12P4. The summed E-state index contributed by atoms with van der Waals surface area (Å²) in [4.78, 5) is 0. The fraction of sp³-hybridized carbons (Fsp3) is 1.00. The fourth-order valence-corrected chi connectivity index (χ4v) is 19.2. The molecule has 1 rings (SSSR count). The molecule has 1 aliphatic rings. The molecule has 0 atom stereocenters. The lowest BCUT2D eigenvalue weighted by atomic mass is 10.8. The third kappa shape index (κ3) is 8.37. The smallest absolute Gasteiger partial charge is 0.215 e. The van der Waals surface area contributed by atoms with Gasteiger partial charge in [-0.25, -0.2) is 0 Å². The van der Waals surface area contributed by atoms with Crippen LogP contribution in [-0.4, -0.2) is 52.4 Å². The third-order valence-corrected chi connectivity index (χ3v) is 18.4. The maximum absolute atomic E-state index is 5.46. The molecule has 0 saturated carbocycles. The Labute approximate surface area is 196 Å². The van der Waals surface area contributed by atoms with Gasteiger partial charge in [0.2, 0.25) is 30.0 Å². The normalized spacial score (nSPS) is 20.8. The lowest BCUT2D eigenvalue weighted by molar-refractivity contribution is 0.890. The number of rotatable bonds is 16. The second kappa shape index (κ2) is 14.9. The summed E-state index contributed by atoms with van der Waals surface area (Å²) < 4.78 is 21.8. The molecule has 0 spiro atoms. The van der Waals surface area contributed by atoms with Gasteiger partial charge < -0.3 is 0 Å². The molecule has 0 aliphatic carbocycles. The molecule has 32 heavy (non-hydrogen) atoms. The molecule has 12 nitrogen and oxygen atoms in total. The topological polar surface area (TPSA) is 146 Å². The summed E-state index contributed by atoms with van der Waals surface area (Å²) in [6.07, 6.45) is 0. The summed E-state index contributed by atoms with van der Waals surface area (Å²) in [6, 6.07) is 0. The van der Waals surface area contributed by atoms with E-state index in [2.05, 4.69) is 96.1 Å². The van der Waals surface area contributed by atoms with Crippen molar-refractivity contribution < 1.29 is 0 Å². The second-order valence-electron chi connectivity index (χ2n) is 6.86. The molecule has 8 N–H and O–H groups in total. The largest absolute Gasteiger partial charge is 0.254 e. The van der Waals surface area contributed by atoms with Crippen molar-refractivity contribution in [1.29, 1.82) is 0 Å². The van der Waals surface area contributed by atoms with Crippen molar-refractivity contribution in [2.24, 2.45) is 18.1 Å². The zero-order valence-corrected chi connectivity index (χ0v) is 24.8. The van der Waals surface area contributed by atoms with E-state index in [0.717, 1.165) is 52.4 Å². The molecular weight excluding hydrogens is 484 g/mol. The van der Waals surface area contributed by atoms with Crippen molar-refractivity contribution in [2.45, 2.75) is 55.4 Å². The van der Waals surface area contributed by atoms with Crippen LogP contribution in [0.4, 0.5) is 0 Å². The Hall–Kier alpha value is 0.600. The molecule has 0 fully saturated rings. The van der Waals surface area contributed by atoms with Gasteiger partial charge in [-0.2, -0.15) is 18.1 Å². The van der Waals surface area contributed by atoms with Crippen LogP contribution in [0.25, 0.3) is 0 Å². The number of hydrogen-bond acceptors (Lipinski definition) is 12. The first-order chi connectivity index (χ1) is 15.3. The Morgan fingerprint density at radius 1 is 0.312 bits per heavy atom. The van der Waals surface area contributed by atoms with Crippen LogP contribution in [0.15, 0.2) is 18.1 Å². The second-order valence-corrected chi connectivity index (χ2v) is 17.1. The molecule has 0 aromatic rings. The van der Waals surface area contributed by atoms with E-state index in [1.165, 1.54) is 0 Å². The van der Waals surface area contributed by atoms with E-state index in [1.807, 2.05) is 0 Å². The minimum atomic E-state index is -2.54. The summed E-state index contributed by atoms with van der Waals surface area (Å²) >= 11 is 0. The zero-order valence-electron chi connectivity index (χ0n) is 21.2. The summed E-state index contributed by atoms with van der Waals surface area (Å²) in [5, 5.41) is 28.9. The van der Waals surface area contributed by atoms with Crippen molar-refractivity contribution in [3.63, 3.8) is 0 Å². The first-order valence-electron chi connectivity index (χ1n) is 11.9. The van der Waals surface area contributed by atoms with E-state index in [9.17, 15) is 0 Å². The molecule has 0 amide bonds. The van der Waals surface area contributed by atoms with Gasteiger partial charge in [0.25, 0.3) is 0 Å². The first-order valence-corrected chi connectivity index (χ1v) is 18.7. The van der Waals surface area contributed by atoms with Crippen molar-refractivity contribution in [1.82, 2.24) is 40.7 Å². The predicted octanol–water partition coefficient (Wildman–Crippen LogP) is 4.66. The van der Waals surface area contributed by atoms with Gasteiger partial charge in [0.1, 0.15) is 0 Å². The number of hydrogen-bond donors (Lipinski definition) is 8. The van der Waals surface area contributed by atoms with Crippen LogP contribution in [0.1, 0.15) is 55.4 Å². The van der Waals surface area contributed by atoms with Gasteiger partial charge in [0, 0.05) is 52.4 Å². The van der Waals surface area contributed by atoms with Crippen molar-refractivity contribution >= 4 is 30.0 Å². The van der Waals surface area contributed by atoms with Gasteiger partial charge in [0.05, 0.1) is 0 Å². The average molecular weight is 533 g/mol. The summed E-state index contributed by atoms with van der Waals surface area (Å²) in [7, 11) is -10.2. The quantitative estimate of drug-likeness (QED) is 0.134. The molecule has 0 bridgehead atoms. The highest BCUT2D eigenvalue weighted by atomic mass is 31.3. The Kier molecular flexibility index (Phi) is 14.2. The maximum Gasteiger partial charge on any atom is 0.215 e. The third-order valence-electron chi connectivity index (χ3n) is 4.06. The summed E-state index contributed by atoms with van der Waals surface area (Å²) in [5.74, 6) is 0. The monoisotopic (exact) mass is 532 g/mol. The minimum absolute atomic E-state index is 0.741. The lowest BCUT2D eigenvalue weighted by Gasteiger charge is -2.37. The van der Waals surface area contributed by atoms with Crippen LogP contribution in [0.3, 0.4) is 0 Å². The summed E-state index contributed by atoms with van der Waals surface area (Å²) in [5.41, 5.74) is 0. The van der Waals surface area contributed by atoms with Gasteiger partial charge in [-0.3, -0.25) is 40.7 Å². The van der Waals surface area contributed by atoms with E-state index in [0.29, 0.717) is 0 Å². The highest BCUT2D eigenvalue weighted by molar-refractivity contribution is 7.83. The lowest BCUT2D eigenvalue weighted by Crippen LogP contribution is -2.30. The Balaban J connectivity index is 4.24. The van der Waals surface area contributed by atoms with E-state index in [-0.39, 0.29) is 0 Å². The van der Waals surface area contributed by atoms with Crippen LogP contribution in [0, 0.1) is 0 Å². The van der Waals surface area contributed by atoms with Crippen LogP contribution >= 0.6 is 30.0 Å². The standard InChI is InChI=1S/C16H48N12P4/c1-9-17-29(18-10-2)25-30(19-11-3,20-12-4)27-32(23-15-7,24-16-8)28-31(26-29,21-13-5)22-14-6/h17-24H,9-16H2,1-8H3. The average Bonchev–Trinajstić information content (AvgIpc) is 2.68. The predicted molar refractivity (Wildman–Crippen MR) is 147 cm³/mol. The van der Waals surface area contributed by atoms with E-state index < -0.39 is 30.0 Å². The fourth-order valence-electron chi connectivity index (χ4n) is 3.31. The van der Waals surface area contributed by atoms with Crippen molar-refractivity contribution in [3.8, 4) is 0 Å². The first kappa shape index (κ1) is 30.6. The van der Waals surface area contributed by atoms with Crippen molar-refractivity contribution in [3.05, 3.63) is 0 Å². The van der Waals surface area contributed by atoms with Gasteiger partial charge >= 0.3 is 0 Å². The number of nitrogens with zero attached hydrogens (tertiary/aromatic N) is 4. The highest BCUT2D eigenvalue weighted by Crippen LogP contribution is 2.70. The maximum atomic E-state index is 5.46. The molecule has 1 aliphatic heterocycles. The van der Waals surface area contributed by atoms with E-state index in [1.54, 1.807) is 0 Å². The SMILES string of the molecule is CCNP1(NCC)=NP(NCC)(NCC)=NP(NCC)(NCC)=NP(NCC)(NCC)=N1. The van der Waals surface area contributed by atoms with Crippen LogP contribution in [0.5, 0.6) is 0 Å². The molecule has 1 heterocycles. The van der Waals surface area contributed by atoms with Gasteiger partial charge in [0.15, 0.2) is 0 Å². The Morgan fingerprint density at radius 2 is 0.438 bits per heavy atom. The van der Waals surface area contributed by atoms with Gasteiger partial charge in [-0.05, 0) is 0 Å². The molecule has 0 radical (unpaired) electrons. The zero-order chi connectivity index (χ0) is 24.1. The van der Waals surface area contributed by atoms with Gasteiger partial charge in [-0.1, -0.05) is 55.4 Å². The molecule has 16 heteroatoms. The van der Waals surface area contributed by atoms with Crippen molar-refractivity contribution in [2.75, 3.05) is 52.4 Å². The van der Waals surface area contributed by atoms with Gasteiger partial charge in [-0.15, -0.1) is 0 Å². The molecule has 192 valence electrons. The Morgan fingerprint density at radius 3 is 0.531 bits per heavy atom. The molecule has 0 aromatic heterocycles. The molecule has 0 aromatic carbocycles. The number of nitrogens with one attached hydrogen (secondary N) is 8. The molecule has 0 saturated heterocycles. The van der Waals surface area contributed by atoms with Crippen LogP contribution in [-0.2, 0) is 0 Å². The molecule has 0 unspecified atom stereocenters. The van der Waals surface area contributed by atoms with Crippen LogP contribution < -0.4 is 40.7 Å². The summed E-state index contributed by atoms with van der Waals surface area (Å²) in [6.45, 7) is 22.7. The highest BCUT2D eigenvalue weighted by Gasteiger charge is 2.36. The van der Waals surface area contributed by atoms with E-state index in [4.69, 9.17) is 18.1 Å². The minimum Gasteiger partial charge on any atom is -0.254 e.